The molecule has 1 unspecified atom stereocenters. The molecule has 1 aliphatic rings. The molecule has 146 valence electrons. The fourth-order valence-electron chi connectivity index (χ4n) is 3.63. The highest BCUT2D eigenvalue weighted by molar-refractivity contribution is 5.83. The zero-order chi connectivity index (χ0) is 19.0. The predicted octanol–water partition coefficient (Wildman–Crippen LogP) is 1.95. The molecule has 3 N–H and O–H groups in total. The van der Waals surface area contributed by atoms with E-state index in [9.17, 15) is 4.79 Å². The highest BCUT2D eigenvalue weighted by Crippen LogP contribution is 2.30. The monoisotopic (exact) mass is 363 g/mol. The maximum absolute atomic E-state index is 12.9. The second-order valence-electron chi connectivity index (χ2n) is 6.82. The summed E-state index contributed by atoms with van der Waals surface area (Å²) in [5.74, 6) is 0.872. The lowest BCUT2D eigenvalue weighted by Gasteiger charge is -2.36. The number of nitrogens with one attached hydrogen (secondary N) is 1. The van der Waals surface area contributed by atoms with Gasteiger partial charge in [0, 0.05) is 26.3 Å². The van der Waals surface area contributed by atoms with Crippen molar-refractivity contribution in [1.29, 1.82) is 0 Å². The molecule has 1 atom stereocenters. The van der Waals surface area contributed by atoms with Crippen LogP contribution < -0.4 is 15.8 Å². The summed E-state index contributed by atoms with van der Waals surface area (Å²) in [7, 11) is 1.67. The SMILES string of the molecule is CCN(CC)C(CNC(=O)C1(CN)CCOCC1)c1cccc(OC)c1. The molecule has 1 saturated heterocycles. The third-order valence-corrected chi connectivity index (χ3v) is 5.51. The lowest BCUT2D eigenvalue weighted by molar-refractivity contribution is -0.136. The van der Waals surface area contributed by atoms with Crippen LogP contribution in [0.1, 0.15) is 38.3 Å². The Hall–Kier alpha value is -1.63. The Labute approximate surface area is 157 Å². The van der Waals surface area contributed by atoms with Gasteiger partial charge in [0.05, 0.1) is 18.6 Å². The van der Waals surface area contributed by atoms with Gasteiger partial charge in [0.25, 0.3) is 0 Å². The molecule has 0 radical (unpaired) electrons. The van der Waals surface area contributed by atoms with E-state index in [1.807, 2.05) is 18.2 Å². The first-order valence-electron chi connectivity index (χ1n) is 9.54. The Balaban J connectivity index is 2.14. The van der Waals surface area contributed by atoms with Crippen molar-refractivity contribution in [2.45, 2.75) is 32.7 Å². The molecule has 1 aliphatic heterocycles. The Bertz CT molecular complexity index is 569. The van der Waals surface area contributed by atoms with E-state index in [0.29, 0.717) is 39.1 Å². The van der Waals surface area contributed by atoms with E-state index in [2.05, 4.69) is 30.1 Å². The summed E-state index contributed by atoms with van der Waals surface area (Å²) in [5.41, 5.74) is 6.60. The van der Waals surface area contributed by atoms with Crippen molar-refractivity contribution in [3.63, 3.8) is 0 Å². The standard InChI is InChI=1S/C20H33N3O3/c1-4-23(5-2)18(16-7-6-8-17(13-16)25-3)14-22-19(24)20(15-21)9-11-26-12-10-20/h6-8,13,18H,4-5,9-12,14-15,21H2,1-3H3,(H,22,24). The number of methoxy groups -OCH3 is 1. The summed E-state index contributed by atoms with van der Waals surface area (Å²) >= 11 is 0. The average molecular weight is 364 g/mol. The second kappa shape index (κ2) is 9.90. The second-order valence-corrected chi connectivity index (χ2v) is 6.82. The lowest BCUT2D eigenvalue weighted by atomic mass is 9.79. The number of hydrogen-bond donors (Lipinski definition) is 2. The van der Waals surface area contributed by atoms with E-state index < -0.39 is 5.41 Å². The van der Waals surface area contributed by atoms with E-state index in [0.717, 1.165) is 24.4 Å². The fraction of sp³-hybridized carbons (Fsp3) is 0.650. The Kier molecular flexibility index (Phi) is 7.87. The molecule has 0 saturated carbocycles. The number of nitrogens with zero attached hydrogens (tertiary/aromatic N) is 1. The number of carbonyl (C=O) groups is 1. The zero-order valence-electron chi connectivity index (χ0n) is 16.3. The maximum atomic E-state index is 12.9. The number of ether oxygens (including phenoxy) is 2. The molecule has 1 aromatic rings. The summed E-state index contributed by atoms with van der Waals surface area (Å²) in [4.78, 5) is 15.3. The van der Waals surface area contributed by atoms with Crippen molar-refractivity contribution >= 4 is 5.91 Å². The van der Waals surface area contributed by atoms with E-state index in [1.54, 1.807) is 7.11 Å². The predicted molar refractivity (Wildman–Crippen MR) is 103 cm³/mol. The van der Waals surface area contributed by atoms with Crippen LogP contribution in [-0.2, 0) is 9.53 Å². The molecule has 1 fully saturated rings. The molecule has 0 aromatic heterocycles. The molecule has 0 spiro atoms. The zero-order valence-corrected chi connectivity index (χ0v) is 16.3. The molecule has 1 heterocycles. The van der Waals surface area contributed by atoms with Gasteiger partial charge in [0.15, 0.2) is 0 Å². The quantitative estimate of drug-likeness (QED) is 0.701. The van der Waals surface area contributed by atoms with Gasteiger partial charge in [-0.1, -0.05) is 26.0 Å². The molecule has 1 amide bonds. The number of nitrogens with two attached hydrogens (primary N) is 1. The van der Waals surface area contributed by atoms with Crippen LogP contribution in [0.5, 0.6) is 5.75 Å². The van der Waals surface area contributed by atoms with Gasteiger partial charge in [-0.05, 0) is 43.6 Å². The van der Waals surface area contributed by atoms with Crippen LogP contribution in [0, 0.1) is 5.41 Å². The smallest absolute Gasteiger partial charge is 0.227 e. The van der Waals surface area contributed by atoms with Crippen LogP contribution in [0.15, 0.2) is 24.3 Å². The van der Waals surface area contributed by atoms with Crippen molar-refractivity contribution < 1.29 is 14.3 Å². The van der Waals surface area contributed by atoms with E-state index in [-0.39, 0.29) is 11.9 Å². The Morgan fingerprint density at radius 2 is 2.04 bits per heavy atom. The first kappa shape index (κ1) is 20.7. The number of benzene rings is 1. The fourth-order valence-corrected chi connectivity index (χ4v) is 3.63. The number of hydrogen-bond acceptors (Lipinski definition) is 5. The molecule has 6 heteroatoms. The molecule has 0 bridgehead atoms. The van der Waals surface area contributed by atoms with Gasteiger partial charge in [0.2, 0.25) is 5.91 Å². The normalized spacial score (nSPS) is 17.7. The summed E-state index contributed by atoms with van der Waals surface area (Å²) < 4.78 is 10.8. The Morgan fingerprint density at radius 1 is 1.35 bits per heavy atom. The van der Waals surface area contributed by atoms with Crippen LogP contribution in [0.2, 0.25) is 0 Å². The van der Waals surface area contributed by atoms with Crippen molar-refractivity contribution in [3.05, 3.63) is 29.8 Å². The van der Waals surface area contributed by atoms with Crippen molar-refractivity contribution in [2.75, 3.05) is 46.5 Å². The van der Waals surface area contributed by atoms with E-state index >= 15 is 0 Å². The largest absolute Gasteiger partial charge is 0.497 e. The highest BCUT2D eigenvalue weighted by Gasteiger charge is 2.39. The molecule has 0 aliphatic carbocycles. The summed E-state index contributed by atoms with van der Waals surface area (Å²) in [6.45, 7) is 8.19. The van der Waals surface area contributed by atoms with Gasteiger partial charge in [-0.2, -0.15) is 0 Å². The number of amides is 1. The summed E-state index contributed by atoms with van der Waals surface area (Å²) in [6.07, 6.45) is 1.37. The minimum absolute atomic E-state index is 0.0448. The van der Waals surface area contributed by atoms with Crippen LogP contribution in [-0.4, -0.2) is 57.3 Å². The molecule has 2 rings (SSSR count). The summed E-state index contributed by atoms with van der Waals surface area (Å²) in [6, 6.07) is 8.16. The first-order chi connectivity index (χ1) is 12.6. The maximum Gasteiger partial charge on any atom is 0.227 e. The third kappa shape index (κ3) is 4.75. The lowest BCUT2D eigenvalue weighted by Crippen LogP contribution is -2.50. The van der Waals surface area contributed by atoms with Crippen LogP contribution in [0.4, 0.5) is 0 Å². The van der Waals surface area contributed by atoms with Crippen LogP contribution >= 0.6 is 0 Å². The van der Waals surface area contributed by atoms with Crippen LogP contribution in [0.25, 0.3) is 0 Å². The number of likely N-dealkylation sites (N-methyl/N-ethyl adjacent to an activating group) is 1. The topological polar surface area (TPSA) is 76.8 Å². The van der Waals surface area contributed by atoms with E-state index in [4.69, 9.17) is 15.2 Å². The van der Waals surface area contributed by atoms with Gasteiger partial charge in [-0.3, -0.25) is 9.69 Å². The molecular weight excluding hydrogens is 330 g/mol. The molecule has 26 heavy (non-hydrogen) atoms. The van der Waals surface area contributed by atoms with Gasteiger partial charge in [-0.25, -0.2) is 0 Å². The number of rotatable bonds is 9. The van der Waals surface area contributed by atoms with Crippen molar-refractivity contribution in [1.82, 2.24) is 10.2 Å². The van der Waals surface area contributed by atoms with Gasteiger partial charge >= 0.3 is 0 Å². The third-order valence-electron chi connectivity index (χ3n) is 5.51. The first-order valence-corrected chi connectivity index (χ1v) is 9.54. The van der Waals surface area contributed by atoms with Crippen LogP contribution in [0.3, 0.4) is 0 Å². The Morgan fingerprint density at radius 3 is 2.62 bits per heavy atom. The van der Waals surface area contributed by atoms with Gasteiger partial charge in [0.1, 0.15) is 5.75 Å². The van der Waals surface area contributed by atoms with Gasteiger partial charge < -0.3 is 20.5 Å². The average Bonchev–Trinajstić information content (AvgIpc) is 2.71. The van der Waals surface area contributed by atoms with Crippen molar-refractivity contribution in [3.8, 4) is 5.75 Å². The minimum atomic E-state index is -0.500. The number of carbonyl (C=O) groups excluding carboxylic acids is 1. The van der Waals surface area contributed by atoms with Crippen molar-refractivity contribution in [2.24, 2.45) is 11.1 Å². The summed E-state index contributed by atoms with van der Waals surface area (Å²) in [5, 5.41) is 3.17. The molecule has 6 nitrogen and oxygen atoms in total. The molecular formula is C20H33N3O3. The molecule has 1 aromatic carbocycles. The minimum Gasteiger partial charge on any atom is -0.497 e. The van der Waals surface area contributed by atoms with Gasteiger partial charge in [-0.15, -0.1) is 0 Å². The highest BCUT2D eigenvalue weighted by atomic mass is 16.5. The van der Waals surface area contributed by atoms with E-state index in [1.165, 1.54) is 0 Å².